The Morgan fingerprint density at radius 3 is 2.14 bits per heavy atom. The van der Waals surface area contributed by atoms with Crippen molar-refractivity contribution in [2.24, 2.45) is 0 Å². The minimum Gasteiger partial charge on any atom is -0.325 e. The standard InChI is InChI=1S/C16H16ClNO3S/c1-11-3-9-15(10-4-11)22(20,21)12(2)16(19)18-14-7-5-13(17)6-8-14/h3-10,12H,1-2H3,(H,18,19). The summed E-state index contributed by atoms with van der Waals surface area (Å²) >= 11 is 5.77. The lowest BCUT2D eigenvalue weighted by molar-refractivity contribution is -0.115. The number of rotatable bonds is 4. The Hall–Kier alpha value is -1.85. The van der Waals surface area contributed by atoms with Crippen LogP contribution < -0.4 is 5.32 Å². The number of carbonyl (C=O) groups is 1. The van der Waals surface area contributed by atoms with Crippen molar-refractivity contribution in [3.05, 3.63) is 59.1 Å². The summed E-state index contributed by atoms with van der Waals surface area (Å²) in [6, 6.07) is 12.9. The number of carbonyl (C=O) groups excluding carboxylic acids is 1. The van der Waals surface area contributed by atoms with Crippen LogP contribution in [0, 0.1) is 6.92 Å². The van der Waals surface area contributed by atoms with Crippen LogP contribution in [0.15, 0.2) is 53.4 Å². The molecular formula is C16H16ClNO3S. The molecule has 0 aliphatic heterocycles. The maximum Gasteiger partial charge on any atom is 0.242 e. The number of anilines is 1. The van der Waals surface area contributed by atoms with E-state index < -0.39 is 21.0 Å². The lowest BCUT2D eigenvalue weighted by atomic mass is 10.2. The molecule has 0 radical (unpaired) electrons. The van der Waals surface area contributed by atoms with E-state index in [1.165, 1.54) is 19.1 Å². The van der Waals surface area contributed by atoms with Crippen LogP contribution in [0.1, 0.15) is 12.5 Å². The van der Waals surface area contributed by atoms with Crippen LogP contribution in [0.5, 0.6) is 0 Å². The molecule has 22 heavy (non-hydrogen) atoms. The number of hydrogen-bond donors (Lipinski definition) is 1. The first-order valence-electron chi connectivity index (χ1n) is 6.68. The zero-order valence-electron chi connectivity index (χ0n) is 12.2. The van der Waals surface area contributed by atoms with Crippen LogP contribution in [-0.2, 0) is 14.6 Å². The van der Waals surface area contributed by atoms with E-state index in [1.54, 1.807) is 36.4 Å². The SMILES string of the molecule is Cc1ccc(S(=O)(=O)C(C)C(=O)Nc2ccc(Cl)cc2)cc1. The molecule has 0 aliphatic carbocycles. The number of benzene rings is 2. The average Bonchev–Trinajstić information content (AvgIpc) is 2.49. The van der Waals surface area contributed by atoms with Gasteiger partial charge in [0.05, 0.1) is 4.90 Å². The predicted octanol–water partition coefficient (Wildman–Crippen LogP) is 3.45. The Labute approximate surface area is 135 Å². The summed E-state index contributed by atoms with van der Waals surface area (Å²) in [7, 11) is -3.72. The zero-order valence-corrected chi connectivity index (χ0v) is 13.8. The number of nitrogens with one attached hydrogen (secondary N) is 1. The molecule has 0 heterocycles. The molecule has 1 amide bonds. The predicted molar refractivity (Wildman–Crippen MR) is 87.9 cm³/mol. The van der Waals surface area contributed by atoms with Gasteiger partial charge in [-0.05, 0) is 50.2 Å². The van der Waals surface area contributed by atoms with Crippen LogP contribution in [-0.4, -0.2) is 19.6 Å². The van der Waals surface area contributed by atoms with E-state index >= 15 is 0 Å². The lowest BCUT2D eigenvalue weighted by Crippen LogP contribution is -2.32. The van der Waals surface area contributed by atoms with Crippen LogP contribution in [0.25, 0.3) is 0 Å². The molecule has 4 nitrogen and oxygen atoms in total. The number of amides is 1. The summed E-state index contributed by atoms with van der Waals surface area (Å²) in [6.07, 6.45) is 0. The van der Waals surface area contributed by atoms with Gasteiger partial charge in [0.25, 0.3) is 0 Å². The van der Waals surface area contributed by atoms with Crippen LogP contribution >= 0.6 is 11.6 Å². The highest BCUT2D eigenvalue weighted by atomic mass is 35.5. The highest BCUT2D eigenvalue weighted by Crippen LogP contribution is 2.19. The largest absolute Gasteiger partial charge is 0.325 e. The summed E-state index contributed by atoms with van der Waals surface area (Å²) in [5, 5.41) is 1.93. The fraction of sp³-hybridized carbons (Fsp3) is 0.188. The highest BCUT2D eigenvalue weighted by molar-refractivity contribution is 7.92. The van der Waals surface area contributed by atoms with Gasteiger partial charge in [0, 0.05) is 10.7 Å². The van der Waals surface area contributed by atoms with Crippen molar-refractivity contribution in [2.45, 2.75) is 24.0 Å². The molecule has 6 heteroatoms. The van der Waals surface area contributed by atoms with E-state index in [1.807, 2.05) is 6.92 Å². The van der Waals surface area contributed by atoms with E-state index in [0.29, 0.717) is 10.7 Å². The Bertz CT molecular complexity index is 768. The molecule has 0 bridgehead atoms. The Kier molecular flexibility index (Phi) is 4.88. The van der Waals surface area contributed by atoms with Crippen molar-refractivity contribution in [3.63, 3.8) is 0 Å². The summed E-state index contributed by atoms with van der Waals surface area (Å²) < 4.78 is 24.9. The van der Waals surface area contributed by atoms with Crippen molar-refractivity contribution in [1.82, 2.24) is 0 Å². The molecule has 0 aliphatic rings. The number of sulfone groups is 1. The summed E-state index contributed by atoms with van der Waals surface area (Å²) in [5.74, 6) is -0.581. The van der Waals surface area contributed by atoms with Crippen LogP contribution in [0.3, 0.4) is 0 Å². The second-order valence-corrected chi connectivity index (χ2v) is 7.70. The second kappa shape index (κ2) is 6.50. The van der Waals surface area contributed by atoms with E-state index in [9.17, 15) is 13.2 Å². The summed E-state index contributed by atoms with van der Waals surface area (Å²) in [5.41, 5.74) is 1.46. The van der Waals surface area contributed by atoms with Gasteiger partial charge in [0.15, 0.2) is 9.84 Å². The molecule has 116 valence electrons. The normalized spacial score (nSPS) is 12.7. The molecule has 0 aromatic heterocycles. The highest BCUT2D eigenvalue weighted by Gasteiger charge is 2.29. The molecule has 1 unspecified atom stereocenters. The van der Waals surface area contributed by atoms with E-state index in [-0.39, 0.29) is 4.90 Å². The fourth-order valence-corrected chi connectivity index (χ4v) is 3.24. The van der Waals surface area contributed by atoms with Gasteiger partial charge in [-0.2, -0.15) is 0 Å². The van der Waals surface area contributed by atoms with E-state index in [4.69, 9.17) is 11.6 Å². The van der Waals surface area contributed by atoms with E-state index in [0.717, 1.165) is 5.56 Å². The maximum absolute atomic E-state index is 12.4. The number of halogens is 1. The van der Waals surface area contributed by atoms with Crippen molar-refractivity contribution in [3.8, 4) is 0 Å². The summed E-state index contributed by atoms with van der Waals surface area (Å²) in [6.45, 7) is 3.24. The maximum atomic E-state index is 12.4. The minimum atomic E-state index is -3.72. The van der Waals surface area contributed by atoms with Crippen LogP contribution in [0.2, 0.25) is 5.02 Å². The topological polar surface area (TPSA) is 63.2 Å². The Balaban J connectivity index is 2.18. The Morgan fingerprint density at radius 2 is 1.59 bits per heavy atom. The molecule has 1 atom stereocenters. The number of aryl methyl sites for hydroxylation is 1. The third-order valence-electron chi connectivity index (χ3n) is 3.30. The molecule has 2 aromatic carbocycles. The first-order chi connectivity index (χ1) is 10.3. The molecule has 0 saturated carbocycles. The second-order valence-electron chi connectivity index (χ2n) is 5.00. The fourth-order valence-electron chi connectivity index (χ4n) is 1.85. The van der Waals surface area contributed by atoms with Gasteiger partial charge >= 0.3 is 0 Å². The molecule has 2 aromatic rings. The average molecular weight is 338 g/mol. The van der Waals surface area contributed by atoms with Gasteiger partial charge in [-0.25, -0.2) is 8.42 Å². The van der Waals surface area contributed by atoms with Gasteiger partial charge < -0.3 is 5.32 Å². The first-order valence-corrected chi connectivity index (χ1v) is 8.60. The van der Waals surface area contributed by atoms with Crippen LogP contribution in [0.4, 0.5) is 5.69 Å². The van der Waals surface area contributed by atoms with Gasteiger partial charge in [0.2, 0.25) is 5.91 Å². The van der Waals surface area contributed by atoms with Gasteiger partial charge in [-0.3, -0.25) is 4.79 Å². The Morgan fingerprint density at radius 1 is 1.05 bits per heavy atom. The van der Waals surface area contributed by atoms with Gasteiger partial charge in [-0.1, -0.05) is 29.3 Å². The molecule has 1 N–H and O–H groups in total. The monoisotopic (exact) mass is 337 g/mol. The smallest absolute Gasteiger partial charge is 0.242 e. The molecule has 2 rings (SSSR count). The lowest BCUT2D eigenvalue weighted by Gasteiger charge is -2.13. The molecule has 0 spiro atoms. The van der Waals surface area contributed by atoms with Crippen molar-refractivity contribution < 1.29 is 13.2 Å². The number of hydrogen-bond acceptors (Lipinski definition) is 3. The minimum absolute atomic E-state index is 0.136. The first kappa shape index (κ1) is 16.5. The molecule has 0 saturated heterocycles. The van der Waals surface area contributed by atoms with Gasteiger partial charge in [0.1, 0.15) is 5.25 Å². The third kappa shape index (κ3) is 3.67. The quantitative estimate of drug-likeness (QED) is 0.929. The third-order valence-corrected chi connectivity index (χ3v) is 5.62. The summed E-state index contributed by atoms with van der Waals surface area (Å²) in [4.78, 5) is 12.3. The van der Waals surface area contributed by atoms with E-state index in [2.05, 4.69) is 5.32 Å². The van der Waals surface area contributed by atoms with Crippen molar-refractivity contribution in [2.75, 3.05) is 5.32 Å². The molecule has 0 fully saturated rings. The molecular weight excluding hydrogens is 322 g/mol. The van der Waals surface area contributed by atoms with Gasteiger partial charge in [-0.15, -0.1) is 0 Å². The zero-order chi connectivity index (χ0) is 16.3. The van der Waals surface area contributed by atoms with Crippen molar-refractivity contribution >= 4 is 33.0 Å². The van der Waals surface area contributed by atoms with Crippen molar-refractivity contribution in [1.29, 1.82) is 0 Å².